The molecule has 1 fully saturated rings. The second kappa shape index (κ2) is 22.2. The number of Topliss-reactive ketones (excluding diaryl/α,β-unsaturated/α-hetero) is 1. The van der Waals surface area contributed by atoms with Crippen molar-refractivity contribution in [2.24, 2.45) is 5.41 Å². The first-order valence-electron chi connectivity index (χ1n) is 17.6. The quantitative estimate of drug-likeness (QED) is 0.0284. The number of nitrogen functional groups attached to an aromatic ring is 1. The van der Waals surface area contributed by atoms with Crippen LogP contribution >= 0.6 is 51.2 Å². The SMILES string of the molecule is CCCCCC(=O)C(Br)C(=O)SCCNC(=O)CCNC(=O)C(O)C(C)(C)COP(=O)(O)OP(=O)(O)OC[C@H]1O[C@@H](n2cnc3c(N)ncnc32)[C@H](O)[C@@H]1OP(=O)(O)O. The molecular formula is C29H47BrN7O18P3S. The molecule has 25 nitrogen and oxygen atoms in total. The van der Waals surface area contributed by atoms with Gasteiger partial charge in [-0.05, 0) is 6.42 Å². The number of aliphatic hydroxyl groups is 2. The number of hydrogen-bond donors (Lipinski definition) is 9. The van der Waals surface area contributed by atoms with Crippen molar-refractivity contribution < 1.29 is 85.3 Å². The highest BCUT2D eigenvalue weighted by atomic mass is 79.9. The van der Waals surface area contributed by atoms with E-state index >= 15 is 0 Å². The zero-order valence-corrected chi connectivity index (χ0v) is 36.9. The fourth-order valence-corrected chi connectivity index (χ4v) is 9.30. The Morgan fingerprint density at radius 1 is 1.03 bits per heavy atom. The number of nitrogens with one attached hydrogen (secondary N) is 2. The van der Waals surface area contributed by atoms with E-state index in [4.69, 9.17) is 19.5 Å². The van der Waals surface area contributed by atoms with E-state index in [-0.39, 0.29) is 59.6 Å². The molecule has 10 N–H and O–H groups in total. The summed E-state index contributed by atoms with van der Waals surface area (Å²) in [6.45, 7) is 2.27. The molecule has 0 spiro atoms. The average Bonchev–Trinajstić information content (AvgIpc) is 3.70. The summed E-state index contributed by atoms with van der Waals surface area (Å²) in [4.78, 5) is 99.1. The number of carbonyl (C=O) groups excluding carboxylic acids is 4. The molecule has 0 aromatic carbocycles. The van der Waals surface area contributed by atoms with Crippen LogP contribution in [0.25, 0.3) is 11.2 Å². The van der Waals surface area contributed by atoms with Crippen molar-refractivity contribution in [3.8, 4) is 0 Å². The van der Waals surface area contributed by atoms with Gasteiger partial charge in [0.05, 0.1) is 19.5 Å². The van der Waals surface area contributed by atoms with Crippen LogP contribution in [-0.2, 0) is 55.5 Å². The molecule has 3 rings (SSSR count). The number of nitrogens with two attached hydrogens (primary N) is 1. The van der Waals surface area contributed by atoms with Crippen molar-refractivity contribution in [1.82, 2.24) is 30.2 Å². The number of phosphoric ester groups is 3. The first-order chi connectivity index (χ1) is 27.4. The zero-order chi connectivity index (χ0) is 44.3. The fourth-order valence-electron chi connectivity index (χ4n) is 5.16. The minimum Gasteiger partial charge on any atom is -0.386 e. The first-order valence-corrected chi connectivity index (χ1v) is 24.0. The number of imidazole rings is 1. The standard InChI is InChI=1S/C29H47BrN7O18P3S/c1-4-5-6-7-16(38)19(30)28(43)59-11-10-32-18(39)8-9-33-26(42)23(41)29(2,3)13-52-58(49,50)55-57(47,48)51-12-17-22(54-56(44,45)46)21(40)27(53-17)37-15-36-20-24(31)34-14-35-25(20)37/h14-15,17,19,21-23,27,40-41H,4-13H2,1-3H3,(H,32,39)(H,33,42)(H,47,48)(H,49,50)(H2,31,34,35)(H2,44,45,46)/t17-,19?,21-,22-,23?,27-/m1/s1. The molecule has 2 amide bonds. The topological polar surface area (TPSA) is 381 Å². The van der Waals surface area contributed by atoms with Crippen molar-refractivity contribution in [2.45, 2.75) is 88.3 Å². The van der Waals surface area contributed by atoms with Gasteiger partial charge in [-0.25, -0.2) is 28.6 Å². The van der Waals surface area contributed by atoms with Crippen LogP contribution in [0.5, 0.6) is 0 Å². The minimum atomic E-state index is -5.59. The Bertz CT molecular complexity index is 1940. The van der Waals surface area contributed by atoms with Crippen LogP contribution in [0.15, 0.2) is 12.7 Å². The lowest BCUT2D eigenvalue weighted by molar-refractivity contribution is -0.137. The number of aliphatic hydroxyl groups excluding tert-OH is 2. The Morgan fingerprint density at radius 2 is 1.71 bits per heavy atom. The summed E-state index contributed by atoms with van der Waals surface area (Å²) in [5, 5.41) is 26.0. The summed E-state index contributed by atoms with van der Waals surface area (Å²) in [7, 11) is -16.4. The second-order valence-corrected chi connectivity index (χ2v) is 19.8. The predicted octanol–water partition coefficient (Wildman–Crippen LogP) is 0.578. The van der Waals surface area contributed by atoms with E-state index in [1.165, 1.54) is 13.8 Å². The number of thioether (sulfide) groups is 1. The number of halogens is 1. The van der Waals surface area contributed by atoms with E-state index in [2.05, 4.69) is 50.3 Å². The maximum Gasteiger partial charge on any atom is 0.481 e. The van der Waals surface area contributed by atoms with Gasteiger partial charge in [0, 0.05) is 37.1 Å². The molecule has 0 saturated carbocycles. The van der Waals surface area contributed by atoms with Gasteiger partial charge in [-0.1, -0.05) is 61.3 Å². The molecule has 1 aliphatic heterocycles. The number of ketones is 1. The highest BCUT2D eigenvalue weighted by Gasteiger charge is 2.50. The predicted molar refractivity (Wildman–Crippen MR) is 209 cm³/mol. The van der Waals surface area contributed by atoms with Crippen LogP contribution < -0.4 is 16.4 Å². The molecule has 2 aromatic rings. The molecule has 30 heteroatoms. The molecule has 2 aromatic heterocycles. The number of ether oxygens (including phenoxy) is 1. The lowest BCUT2D eigenvalue weighted by atomic mass is 9.87. The van der Waals surface area contributed by atoms with E-state index in [9.17, 15) is 62.7 Å². The van der Waals surface area contributed by atoms with E-state index in [0.717, 1.165) is 41.8 Å². The highest BCUT2D eigenvalue weighted by Crippen LogP contribution is 2.61. The van der Waals surface area contributed by atoms with E-state index in [1.807, 2.05) is 6.92 Å². The molecule has 3 heterocycles. The number of unbranched alkanes of at least 4 members (excludes halogenated alkanes) is 2. The molecule has 8 atom stereocenters. The summed E-state index contributed by atoms with van der Waals surface area (Å²) >= 11 is 3.99. The third-order valence-electron chi connectivity index (χ3n) is 8.26. The van der Waals surface area contributed by atoms with E-state index in [1.54, 1.807) is 0 Å². The van der Waals surface area contributed by atoms with Gasteiger partial charge in [-0.2, -0.15) is 4.31 Å². The number of hydrogen-bond acceptors (Lipinski definition) is 19. The van der Waals surface area contributed by atoms with Crippen LogP contribution in [0.4, 0.5) is 5.82 Å². The minimum absolute atomic E-state index is 0.0236. The number of alkyl halides is 1. The Morgan fingerprint density at radius 3 is 2.37 bits per heavy atom. The number of anilines is 1. The van der Waals surface area contributed by atoms with Gasteiger partial charge in [0.15, 0.2) is 23.5 Å². The first kappa shape index (κ1) is 51.1. The molecule has 59 heavy (non-hydrogen) atoms. The molecule has 4 unspecified atom stereocenters. The van der Waals surface area contributed by atoms with Crippen molar-refractivity contribution in [2.75, 3.05) is 37.8 Å². The second-order valence-electron chi connectivity index (χ2n) is 13.5. The Hall–Kier alpha value is -2.29. The Kier molecular flexibility index (Phi) is 19.2. The van der Waals surface area contributed by atoms with Gasteiger partial charge in [0.2, 0.25) is 16.9 Å². The maximum atomic E-state index is 12.7. The van der Waals surface area contributed by atoms with Crippen LogP contribution in [0.2, 0.25) is 0 Å². The third kappa shape index (κ3) is 15.8. The van der Waals surface area contributed by atoms with Gasteiger partial charge < -0.3 is 50.9 Å². The largest absolute Gasteiger partial charge is 0.481 e. The molecule has 0 bridgehead atoms. The van der Waals surface area contributed by atoms with Crippen LogP contribution in [0, 0.1) is 5.41 Å². The highest BCUT2D eigenvalue weighted by molar-refractivity contribution is 9.10. The Labute approximate surface area is 349 Å². The van der Waals surface area contributed by atoms with Gasteiger partial charge >= 0.3 is 23.5 Å². The van der Waals surface area contributed by atoms with Crippen molar-refractivity contribution in [3.05, 3.63) is 12.7 Å². The number of fused-ring (bicyclic) bond motifs is 1. The van der Waals surface area contributed by atoms with Crippen LogP contribution in [-0.4, -0.2) is 133 Å². The normalized spacial score (nSPS) is 21.7. The number of aromatic nitrogens is 4. The van der Waals surface area contributed by atoms with Crippen LogP contribution in [0.3, 0.4) is 0 Å². The third-order valence-corrected chi connectivity index (χ3v) is 13.5. The summed E-state index contributed by atoms with van der Waals surface area (Å²) in [5.41, 5.74) is 4.22. The molecule has 0 radical (unpaired) electrons. The monoisotopic (exact) mass is 985 g/mol. The average molecular weight is 987 g/mol. The number of rotatable bonds is 25. The van der Waals surface area contributed by atoms with Gasteiger partial charge in [0.1, 0.15) is 41.1 Å². The van der Waals surface area contributed by atoms with Gasteiger partial charge in [-0.3, -0.25) is 37.3 Å². The van der Waals surface area contributed by atoms with Crippen molar-refractivity contribution >= 4 is 90.9 Å². The molecule has 0 aliphatic carbocycles. The summed E-state index contributed by atoms with van der Waals surface area (Å²) in [5.74, 6) is -1.57. The van der Waals surface area contributed by atoms with Gasteiger partial charge in [-0.15, -0.1) is 0 Å². The number of carbonyl (C=O) groups is 4. The lowest BCUT2D eigenvalue weighted by Crippen LogP contribution is -2.46. The molecule has 1 aliphatic rings. The van der Waals surface area contributed by atoms with Crippen molar-refractivity contribution in [1.29, 1.82) is 0 Å². The summed E-state index contributed by atoms with van der Waals surface area (Å²) in [6, 6.07) is 0. The van der Waals surface area contributed by atoms with E-state index in [0.29, 0.717) is 6.42 Å². The summed E-state index contributed by atoms with van der Waals surface area (Å²) in [6.07, 6.45) is -4.25. The Balaban J connectivity index is 1.45. The van der Waals surface area contributed by atoms with Crippen LogP contribution in [0.1, 0.15) is 59.1 Å². The summed E-state index contributed by atoms with van der Waals surface area (Å²) < 4.78 is 62.1. The molecule has 1 saturated heterocycles. The van der Waals surface area contributed by atoms with Crippen molar-refractivity contribution in [3.63, 3.8) is 0 Å². The number of phosphoric acid groups is 3. The fraction of sp³-hybridized carbons (Fsp3) is 0.690. The lowest BCUT2D eigenvalue weighted by Gasteiger charge is -2.30. The number of amides is 2. The van der Waals surface area contributed by atoms with Gasteiger partial charge in [0.25, 0.3) is 0 Å². The van der Waals surface area contributed by atoms with E-state index < -0.39 is 89.4 Å². The molecular weight excluding hydrogens is 939 g/mol. The zero-order valence-electron chi connectivity index (χ0n) is 31.8. The number of nitrogens with zero attached hydrogens (tertiary/aromatic N) is 4. The smallest absolute Gasteiger partial charge is 0.386 e. The molecule has 334 valence electrons. The maximum absolute atomic E-state index is 12.7.